The van der Waals surface area contributed by atoms with Crippen LogP contribution >= 0.6 is 0 Å². The molecule has 0 bridgehead atoms. The molecule has 2 atom stereocenters. The van der Waals surface area contributed by atoms with Crippen LogP contribution in [0.1, 0.15) is 44.9 Å². The third kappa shape index (κ3) is 3.25. The Labute approximate surface area is 115 Å². The third-order valence-electron chi connectivity index (χ3n) is 4.02. The lowest BCUT2D eigenvalue weighted by Gasteiger charge is -2.40. The summed E-state index contributed by atoms with van der Waals surface area (Å²) in [5, 5.41) is 9.76. The molecule has 2 rings (SSSR count). The topological polar surface area (TPSA) is 45.6 Å². The van der Waals surface area contributed by atoms with Crippen LogP contribution in [-0.2, 0) is 4.74 Å². The molecule has 1 aliphatic heterocycles. The van der Waals surface area contributed by atoms with Crippen LogP contribution in [0, 0.1) is 0 Å². The molecule has 1 saturated heterocycles. The Morgan fingerprint density at radius 2 is 2.32 bits per heavy atom. The van der Waals surface area contributed by atoms with Gasteiger partial charge in [0.2, 0.25) is 0 Å². The lowest BCUT2D eigenvalue weighted by Crippen LogP contribution is -2.47. The van der Waals surface area contributed by atoms with Crippen LogP contribution in [0.25, 0.3) is 0 Å². The number of nitrogens with zero attached hydrogens (tertiary/aromatic N) is 2. The molecule has 1 unspecified atom stereocenters. The van der Waals surface area contributed by atoms with Gasteiger partial charge >= 0.3 is 0 Å². The quantitative estimate of drug-likeness (QED) is 0.907. The Hall–Kier alpha value is -1.13. The number of aliphatic hydroxyl groups excluding tert-OH is 1. The number of aromatic nitrogens is 1. The Kier molecular flexibility index (Phi) is 4.42. The maximum absolute atomic E-state index is 9.76. The van der Waals surface area contributed by atoms with Gasteiger partial charge in [-0.1, -0.05) is 6.92 Å². The maximum Gasteiger partial charge on any atom is 0.0957 e. The fourth-order valence-corrected chi connectivity index (χ4v) is 2.58. The predicted octanol–water partition coefficient (Wildman–Crippen LogP) is 2.53. The average molecular weight is 264 g/mol. The van der Waals surface area contributed by atoms with Gasteiger partial charge in [0.05, 0.1) is 29.3 Å². The molecule has 19 heavy (non-hydrogen) atoms. The molecule has 0 amide bonds. The van der Waals surface area contributed by atoms with Crippen LogP contribution in [0.3, 0.4) is 0 Å². The number of methoxy groups -OCH3 is 1. The van der Waals surface area contributed by atoms with Crippen molar-refractivity contribution in [2.45, 2.75) is 44.8 Å². The van der Waals surface area contributed by atoms with E-state index in [0.29, 0.717) is 6.42 Å². The zero-order valence-electron chi connectivity index (χ0n) is 12.1. The molecule has 1 fully saturated rings. The zero-order chi connectivity index (χ0) is 13.9. The predicted molar refractivity (Wildman–Crippen MR) is 76.3 cm³/mol. The summed E-state index contributed by atoms with van der Waals surface area (Å²) in [7, 11) is 1.78. The van der Waals surface area contributed by atoms with Gasteiger partial charge in [-0.15, -0.1) is 0 Å². The van der Waals surface area contributed by atoms with E-state index in [2.05, 4.69) is 16.8 Å². The van der Waals surface area contributed by atoms with Gasteiger partial charge in [-0.3, -0.25) is 4.98 Å². The first-order chi connectivity index (χ1) is 9.08. The van der Waals surface area contributed by atoms with E-state index in [1.54, 1.807) is 7.11 Å². The zero-order valence-corrected chi connectivity index (χ0v) is 12.1. The summed E-state index contributed by atoms with van der Waals surface area (Å²) in [6, 6.07) is 3.96. The van der Waals surface area contributed by atoms with Gasteiger partial charge in [-0.2, -0.15) is 0 Å². The summed E-state index contributed by atoms with van der Waals surface area (Å²) in [4.78, 5) is 6.67. The lowest BCUT2D eigenvalue weighted by molar-refractivity contribution is -0.00467. The second-order valence-electron chi connectivity index (χ2n) is 5.54. The highest BCUT2D eigenvalue weighted by atomic mass is 16.5. The first-order valence-corrected chi connectivity index (χ1v) is 7.02. The molecular formula is C15H24N2O2. The van der Waals surface area contributed by atoms with Gasteiger partial charge in [0.15, 0.2) is 0 Å². The standard InChI is InChI=1S/C15H24N2O2/c1-4-14(18)13-7-6-12(10-16-13)17-9-5-8-15(2,11-17)19-3/h6-7,10,14,18H,4-5,8-9,11H2,1-3H3/t14-,15?/m0/s1. The molecule has 0 saturated carbocycles. The van der Waals surface area contributed by atoms with E-state index in [1.165, 1.54) is 0 Å². The van der Waals surface area contributed by atoms with Gasteiger partial charge in [-0.05, 0) is 38.3 Å². The number of anilines is 1. The molecule has 1 N–H and O–H groups in total. The normalized spacial score (nSPS) is 25.4. The maximum atomic E-state index is 9.76. The summed E-state index contributed by atoms with van der Waals surface area (Å²) in [6.45, 7) is 6.04. The van der Waals surface area contributed by atoms with E-state index in [-0.39, 0.29) is 5.60 Å². The van der Waals surface area contributed by atoms with Crippen molar-refractivity contribution in [3.05, 3.63) is 24.0 Å². The number of pyridine rings is 1. The highest BCUT2D eigenvalue weighted by molar-refractivity contribution is 5.45. The number of rotatable bonds is 4. The first-order valence-electron chi connectivity index (χ1n) is 7.02. The van der Waals surface area contributed by atoms with E-state index in [0.717, 1.165) is 37.3 Å². The number of aliphatic hydroxyl groups is 1. The molecule has 0 radical (unpaired) electrons. The molecule has 1 aliphatic rings. The van der Waals surface area contributed by atoms with Gasteiger partial charge in [0.25, 0.3) is 0 Å². The molecule has 1 aromatic rings. The molecule has 2 heterocycles. The van der Waals surface area contributed by atoms with Crippen LogP contribution in [0.5, 0.6) is 0 Å². The monoisotopic (exact) mass is 264 g/mol. The number of hydrogen-bond acceptors (Lipinski definition) is 4. The van der Waals surface area contributed by atoms with E-state index in [9.17, 15) is 5.11 Å². The Morgan fingerprint density at radius 1 is 1.53 bits per heavy atom. The van der Waals surface area contributed by atoms with Crippen LogP contribution in [0.15, 0.2) is 18.3 Å². The van der Waals surface area contributed by atoms with E-state index >= 15 is 0 Å². The molecular weight excluding hydrogens is 240 g/mol. The van der Waals surface area contributed by atoms with E-state index in [4.69, 9.17) is 4.74 Å². The molecule has 4 nitrogen and oxygen atoms in total. The van der Waals surface area contributed by atoms with Gasteiger partial charge < -0.3 is 14.7 Å². The fourth-order valence-electron chi connectivity index (χ4n) is 2.58. The minimum atomic E-state index is -0.459. The molecule has 0 spiro atoms. The van der Waals surface area contributed by atoms with Gasteiger partial charge in [-0.25, -0.2) is 0 Å². The van der Waals surface area contributed by atoms with Gasteiger partial charge in [0, 0.05) is 20.2 Å². The second kappa shape index (κ2) is 5.88. The van der Waals surface area contributed by atoms with Crippen molar-refractivity contribution in [1.82, 2.24) is 4.98 Å². The Bertz CT molecular complexity index is 407. The summed E-state index contributed by atoms with van der Waals surface area (Å²) in [5.41, 5.74) is 1.78. The van der Waals surface area contributed by atoms with Crippen molar-refractivity contribution in [2.75, 3.05) is 25.1 Å². The van der Waals surface area contributed by atoms with E-state index in [1.807, 2.05) is 25.3 Å². The fraction of sp³-hybridized carbons (Fsp3) is 0.667. The molecule has 0 aromatic carbocycles. The highest BCUT2D eigenvalue weighted by Crippen LogP contribution is 2.28. The van der Waals surface area contributed by atoms with Crippen molar-refractivity contribution in [3.63, 3.8) is 0 Å². The van der Waals surface area contributed by atoms with Crippen molar-refractivity contribution in [1.29, 1.82) is 0 Å². The van der Waals surface area contributed by atoms with Crippen LogP contribution in [-0.4, -0.2) is 35.9 Å². The minimum absolute atomic E-state index is 0.0696. The van der Waals surface area contributed by atoms with Crippen LogP contribution < -0.4 is 4.90 Å². The van der Waals surface area contributed by atoms with Crippen molar-refractivity contribution in [3.8, 4) is 0 Å². The first kappa shape index (κ1) is 14.3. The lowest BCUT2D eigenvalue weighted by atomic mass is 9.94. The second-order valence-corrected chi connectivity index (χ2v) is 5.54. The summed E-state index contributed by atoms with van der Waals surface area (Å²) in [6.07, 6.45) is 4.32. The van der Waals surface area contributed by atoms with Crippen LogP contribution in [0.2, 0.25) is 0 Å². The largest absolute Gasteiger partial charge is 0.387 e. The number of hydrogen-bond donors (Lipinski definition) is 1. The smallest absolute Gasteiger partial charge is 0.0957 e. The molecule has 1 aromatic heterocycles. The number of piperidine rings is 1. The molecule has 0 aliphatic carbocycles. The Balaban J connectivity index is 2.09. The summed E-state index contributed by atoms with van der Waals surface area (Å²) < 4.78 is 5.61. The minimum Gasteiger partial charge on any atom is -0.387 e. The Morgan fingerprint density at radius 3 is 2.89 bits per heavy atom. The SMILES string of the molecule is CC[C@H](O)c1ccc(N2CCCC(C)(OC)C2)cn1. The molecule has 4 heteroatoms. The van der Waals surface area contributed by atoms with Crippen molar-refractivity contribution in [2.24, 2.45) is 0 Å². The summed E-state index contributed by atoms with van der Waals surface area (Å²) in [5.74, 6) is 0. The van der Waals surface area contributed by atoms with Crippen molar-refractivity contribution >= 4 is 5.69 Å². The summed E-state index contributed by atoms with van der Waals surface area (Å²) >= 11 is 0. The van der Waals surface area contributed by atoms with Crippen molar-refractivity contribution < 1.29 is 9.84 Å². The number of ether oxygens (including phenoxy) is 1. The molecule has 106 valence electrons. The van der Waals surface area contributed by atoms with Crippen LogP contribution in [0.4, 0.5) is 5.69 Å². The van der Waals surface area contributed by atoms with Gasteiger partial charge in [0.1, 0.15) is 0 Å². The average Bonchev–Trinajstić information content (AvgIpc) is 2.46. The highest BCUT2D eigenvalue weighted by Gasteiger charge is 2.30. The third-order valence-corrected chi connectivity index (χ3v) is 4.02. The van der Waals surface area contributed by atoms with E-state index < -0.39 is 6.10 Å².